The van der Waals surface area contributed by atoms with E-state index in [9.17, 15) is 9.59 Å². The number of thioether (sulfide) groups is 1. The van der Waals surface area contributed by atoms with Crippen LogP contribution in [0.3, 0.4) is 0 Å². The van der Waals surface area contributed by atoms with Crippen LogP contribution in [-0.2, 0) is 16.1 Å². The Balaban J connectivity index is 2.10. The van der Waals surface area contributed by atoms with E-state index in [4.69, 9.17) is 16.3 Å². The molecule has 2 rings (SSSR count). The minimum absolute atomic E-state index is 0.0461. The lowest BCUT2D eigenvalue weighted by Gasteiger charge is -2.11. The molecule has 2 aromatic rings. The van der Waals surface area contributed by atoms with Crippen molar-refractivity contribution in [2.45, 2.75) is 31.5 Å². The summed E-state index contributed by atoms with van der Waals surface area (Å²) in [5, 5.41) is 14.5. The average molecular weight is 426 g/mol. The summed E-state index contributed by atoms with van der Waals surface area (Å²) in [6, 6.07) is 6.90. The van der Waals surface area contributed by atoms with E-state index in [-0.39, 0.29) is 5.75 Å². The molecule has 0 saturated heterocycles. The first-order valence-corrected chi connectivity index (χ1v) is 10.3. The number of hydrogen-bond donors (Lipinski definition) is 2. The summed E-state index contributed by atoms with van der Waals surface area (Å²) in [5.74, 6) is 0.277. The average Bonchev–Trinajstić information content (AvgIpc) is 3.08. The van der Waals surface area contributed by atoms with Crippen LogP contribution in [0, 0.1) is 0 Å². The number of benzene rings is 1. The summed E-state index contributed by atoms with van der Waals surface area (Å²) < 4.78 is 7.04. The number of rotatable bonds is 10. The number of hydrogen-bond acceptors (Lipinski definition) is 6. The third-order valence-electron chi connectivity index (χ3n) is 3.68. The fourth-order valence-corrected chi connectivity index (χ4v) is 3.37. The zero-order valence-corrected chi connectivity index (χ0v) is 17.5. The van der Waals surface area contributed by atoms with Gasteiger partial charge in [-0.05, 0) is 25.0 Å². The van der Waals surface area contributed by atoms with Crippen molar-refractivity contribution in [2.75, 3.05) is 26.0 Å². The van der Waals surface area contributed by atoms with Crippen molar-refractivity contribution in [3.8, 4) is 11.4 Å². The number of halogens is 1. The Morgan fingerprint density at radius 2 is 2.07 bits per heavy atom. The molecule has 1 aromatic heterocycles. The maximum atomic E-state index is 12.0. The van der Waals surface area contributed by atoms with E-state index in [0.717, 1.165) is 18.4 Å². The highest BCUT2D eigenvalue weighted by molar-refractivity contribution is 7.99. The monoisotopic (exact) mass is 425 g/mol. The van der Waals surface area contributed by atoms with Gasteiger partial charge in [0.15, 0.2) is 11.0 Å². The van der Waals surface area contributed by atoms with Gasteiger partial charge in [-0.1, -0.05) is 42.4 Å². The second-order valence-electron chi connectivity index (χ2n) is 5.88. The van der Waals surface area contributed by atoms with Gasteiger partial charge in [0.25, 0.3) is 0 Å². The third kappa shape index (κ3) is 6.50. The van der Waals surface area contributed by atoms with Crippen molar-refractivity contribution in [3.63, 3.8) is 0 Å². The minimum atomic E-state index is -0.495. The topological polar surface area (TPSA) is 98.1 Å². The fraction of sp³-hybridized carbons (Fsp3) is 0.444. The molecule has 0 fully saturated rings. The first-order chi connectivity index (χ1) is 13.6. The van der Waals surface area contributed by atoms with E-state index in [1.165, 1.54) is 11.8 Å². The molecule has 0 bridgehead atoms. The van der Waals surface area contributed by atoms with Crippen LogP contribution in [0.25, 0.3) is 11.4 Å². The summed E-state index contributed by atoms with van der Waals surface area (Å²) >= 11 is 7.52. The number of urea groups is 1. The Kier molecular flexibility index (Phi) is 9.26. The molecule has 10 heteroatoms. The lowest BCUT2D eigenvalue weighted by molar-refractivity contribution is -0.117. The number of methoxy groups -OCH3 is 1. The van der Waals surface area contributed by atoms with E-state index in [1.807, 2.05) is 29.7 Å². The third-order valence-corrected chi connectivity index (χ3v) is 4.98. The number of carbonyl (C=O) groups is 2. The Morgan fingerprint density at radius 3 is 2.79 bits per heavy atom. The predicted octanol–water partition coefficient (Wildman–Crippen LogP) is 2.96. The number of aromatic nitrogens is 3. The largest absolute Gasteiger partial charge is 0.385 e. The molecule has 0 unspecified atom stereocenters. The van der Waals surface area contributed by atoms with Gasteiger partial charge in [-0.25, -0.2) is 4.79 Å². The number of nitrogens with one attached hydrogen (secondary N) is 2. The predicted molar refractivity (Wildman–Crippen MR) is 110 cm³/mol. The van der Waals surface area contributed by atoms with Crippen LogP contribution >= 0.6 is 23.4 Å². The zero-order chi connectivity index (χ0) is 20.4. The van der Waals surface area contributed by atoms with Gasteiger partial charge < -0.3 is 14.6 Å². The lowest BCUT2D eigenvalue weighted by atomic mass is 10.2. The first-order valence-electron chi connectivity index (χ1n) is 8.94. The normalized spacial score (nSPS) is 10.7. The Labute approximate surface area is 173 Å². The summed E-state index contributed by atoms with van der Waals surface area (Å²) in [7, 11) is 1.64. The van der Waals surface area contributed by atoms with Crippen molar-refractivity contribution in [2.24, 2.45) is 0 Å². The fourth-order valence-electron chi connectivity index (χ4n) is 2.38. The molecule has 0 aliphatic carbocycles. The van der Waals surface area contributed by atoms with E-state index in [0.29, 0.717) is 35.7 Å². The van der Waals surface area contributed by atoms with Crippen LogP contribution in [0.2, 0.25) is 5.02 Å². The molecule has 0 spiro atoms. The highest BCUT2D eigenvalue weighted by Crippen LogP contribution is 2.29. The van der Waals surface area contributed by atoms with Gasteiger partial charge in [0, 0.05) is 32.4 Å². The van der Waals surface area contributed by atoms with Gasteiger partial charge >= 0.3 is 6.03 Å². The van der Waals surface area contributed by atoms with Crippen LogP contribution in [0.5, 0.6) is 0 Å². The molecule has 152 valence electrons. The Morgan fingerprint density at radius 1 is 1.29 bits per heavy atom. The zero-order valence-electron chi connectivity index (χ0n) is 15.9. The molecule has 3 amide bonds. The molecule has 1 aromatic carbocycles. The molecular weight excluding hydrogens is 402 g/mol. The van der Waals surface area contributed by atoms with E-state index in [1.54, 1.807) is 13.2 Å². The van der Waals surface area contributed by atoms with Gasteiger partial charge in [-0.2, -0.15) is 0 Å². The summed E-state index contributed by atoms with van der Waals surface area (Å²) in [6.07, 6.45) is 1.55. The molecule has 1 heterocycles. The van der Waals surface area contributed by atoms with Gasteiger partial charge in [-0.3, -0.25) is 10.1 Å². The maximum Gasteiger partial charge on any atom is 0.321 e. The number of imide groups is 1. The molecule has 0 aliphatic rings. The molecule has 8 nitrogen and oxygen atoms in total. The van der Waals surface area contributed by atoms with Crippen molar-refractivity contribution < 1.29 is 14.3 Å². The number of carbonyl (C=O) groups excluding carboxylic acids is 2. The highest BCUT2D eigenvalue weighted by atomic mass is 35.5. The molecule has 0 radical (unpaired) electrons. The summed E-state index contributed by atoms with van der Waals surface area (Å²) in [6.45, 7) is 3.65. The molecular formula is C18H24ClN5O3S. The molecule has 28 heavy (non-hydrogen) atoms. The lowest BCUT2D eigenvalue weighted by Crippen LogP contribution is -2.40. The van der Waals surface area contributed by atoms with E-state index < -0.39 is 11.9 Å². The summed E-state index contributed by atoms with van der Waals surface area (Å²) in [5.41, 5.74) is 0.768. The summed E-state index contributed by atoms with van der Waals surface area (Å²) in [4.78, 5) is 23.6. The van der Waals surface area contributed by atoms with Crippen LogP contribution in [-0.4, -0.2) is 52.7 Å². The molecule has 0 aliphatic heterocycles. The maximum absolute atomic E-state index is 12.0. The second-order valence-corrected chi connectivity index (χ2v) is 7.23. The molecule has 2 N–H and O–H groups in total. The smallest absolute Gasteiger partial charge is 0.321 e. The van der Waals surface area contributed by atoms with Gasteiger partial charge in [0.1, 0.15) is 0 Å². The van der Waals surface area contributed by atoms with Crippen LogP contribution in [0.1, 0.15) is 19.8 Å². The van der Waals surface area contributed by atoms with Crippen LogP contribution in [0.4, 0.5) is 4.79 Å². The van der Waals surface area contributed by atoms with Gasteiger partial charge in [0.05, 0.1) is 10.8 Å². The molecule has 0 saturated carbocycles. The second kappa shape index (κ2) is 11.7. The highest BCUT2D eigenvalue weighted by Gasteiger charge is 2.17. The standard InChI is InChI=1S/C18H24ClN5O3S/c1-3-9-20-17(26)21-15(25)12-28-18-23-22-16(24(18)10-6-11-27-2)13-7-4-5-8-14(13)19/h4-5,7-8H,3,6,9-12H2,1-2H3,(H2,20,21,25,26). The Hall–Kier alpha value is -2.10. The van der Waals surface area contributed by atoms with Gasteiger partial charge in [0.2, 0.25) is 5.91 Å². The van der Waals surface area contributed by atoms with Crippen molar-refractivity contribution in [3.05, 3.63) is 29.3 Å². The van der Waals surface area contributed by atoms with Crippen molar-refractivity contribution in [1.29, 1.82) is 0 Å². The Bertz CT molecular complexity index is 799. The van der Waals surface area contributed by atoms with Crippen molar-refractivity contribution in [1.82, 2.24) is 25.4 Å². The van der Waals surface area contributed by atoms with E-state index >= 15 is 0 Å². The van der Waals surface area contributed by atoms with Crippen molar-refractivity contribution >= 4 is 35.3 Å². The van der Waals surface area contributed by atoms with Crippen LogP contribution < -0.4 is 10.6 Å². The first kappa shape index (κ1) is 22.2. The van der Waals surface area contributed by atoms with Crippen LogP contribution in [0.15, 0.2) is 29.4 Å². The number of ether oxygens (including phenoxy) is 1. The molecule has 0 atom stereocenters. The van der Waals surface area contributed by atoms with E-state index in [2.05, 4.69) is 20.8 Å². The minimum Gasteiger partial charge on any atom is -0.385 e. The van der Waals surface area contributed by atoms with Gasteiger partial charge in [-0.15, -0.1) is 10.2 Å². The SMILES string of the molecule is CCCNC(=O)NC(=O)CSc1nnc(-c2ccccc2Cl)n1CCCOC. The quantitative estimate of drug-likeness (QED) is 0.448. The number of amides is 3. The number of nitrogens with zero attached hydrogens (tertiary/aromatic N) is 3.